The lowest BCUT2D eigenvalue weighted by Gasteiger charge is -2.39. The Balaban J connectivity index is 1.65. The van der Waals surface area contributed by atoms with Crippen LogP contribution in [0.3, 0.4) is 0 Å². The van der Waals surface area contributed by atoms with Crippen LogP contribution in [0.15, 0.2) is 65.7 Å². The summed E-state index contributed by atoms with van der Waals surface area (Å²) in [6.45, 7) is 4.65. The van der Waals surface area contributed by atoms with Gasteiger partial charge >= 0.3 is 0 Å². The van der Waals surface area contributed by atoms with E-state index in [2.05, 4.69) is 27.2 Å². The first-order chi connectivity index (χ1) is 13.7. The number of anilines is 1. The number of piperidine rings is 1. The molecule has 1 saturated heterocycles. The molecule has 0 aromatic heterocycles. The van der Waals surface area contributed by atoms with Crippen molar-refractivity contribution in [1.29, 1.82) is 0 Å². The van der Waals surface area contributed by atoms with Crippen LogP contribution in [0.4, 0.5) is 5.69 Å². The van der Waals surface area contributed by atoms with Crippen molar-refractivity contribution in [2.75, 3.05) is 24.5 Å². The molecule has 0 radical (unpaired) electrons. The van der Waals surface area contributed by atoms with Gasteiger partial charge in [-0.1, -0.05) is 55.5 Å². The number of hydrogen-bond donors (Lipinski definition) is 0. The average molecular weight is 394 g/mol. The number of para-hydroxylation sites is 1. The number of aliphatic imine (C=N–C) groups is 1. The van der Waals surface area contributed by atoms with Crippen molar-refractivity contribution in [1.82, 2.24) is 4.90 Å². The number of likely N-dealkylation sites (tertiary alicyclic amines) is 1. The van der Waals surface area contributed by atoms with E-state index in [1.165, 1.54) is 0 Å². The van der Waals surface area contributed by atoms with Crippen molar-refractivity contribution in [2.45, 2.75) is 38.3 Å². The van der Waals surface area contributed by atoms with Crippen LogP contribution in [-0.4, -0.2) is 41.6 Å². The van der Waals surface area contributed by atoms with E-state index in [1.807, 2.05) is 60.4 Å². The Labute approximate surface area is 172 Å². The molecule has 1 fully saturated rings. The van der Waals surface area contributed by atoms with E-state index in [4.69, 9.17) is 12.2 Å². The normalized spacial score (nSPS) is 16.2. The minimum Gasteiger partial charge on any atom is -0.309 e. The Morgan fingerprint density at radius 1 is 1.14 bits per heavy atom. The summed E-state index contributed by atoms with van der Waals surface area (Å²) in [5.74, 6) is 0.192. The Bertz CT molecular complexity index is 797. The third kappa shape index (κ3) is 5.14. The Morgan fingerprint density at radius 2 is 1.75 bits per heavy atom. The van der Waals surface area contributed by atoms with Gasteiger partial charge in [-0.05, 0) is 42.8 Å². The van der Waals surface area contributed by atoms with Gasteiger partial charge < -0.3 is 9.80 Å². The molecule has 0 aliphatic carbocycles. The first kappa shape index (κ1) is 20.4. The predicted octanol–water partition coefficient (Wildman–Crippen LogP) is 4.74. The standard InChI is InChI=1S/C23H27N3OS/c1-2-23(27)26(20-11-7-4-8-12-20)21-13-15-25(16-14-21)17-22(24-18-28)19-9-5-3-6-10-19/h3-12,21-22H,2,13-17H2,1H3. The van der Waals surface area contributed by atoms with Crippen LogP contribution in [0.2, 0.25) is 0 Å². The first-order valence-corrected chi connectivity index (χ1v) is 10.3. The zero-order chi connectivity index (χ0) is 19.8. The summed E-state index contributed by atoms with van der Waals surface area (Å²) in [5.41, 5.74) is 2.16. The maximum atomic E-state index is 12.6. The maximum Gasteiger partial charge on any atom is 0.226 e. The fraction of sp³-hybridized carbons (Fsp3) is 0.391. The molecule has 4 nitrogen and oxygen atoms in total. The number of benzene rings is 2. The molecule has 0 saturated carbocycles. The van der Waals surface area contributed by atoms with Crippen LogP contribution in [0.25, 0.3) is 0 Å². The van der Waals surface area contributed by atoms with Crippen LogP contribution >= 0.6 is 12.2 Å². The number of amides is 1. The summed E-state index contributed by atoms with van der Waals surface area (Å²) in [6.07, 6.45) is 2.45. The van der Waals surface area contributed by atoms with E-state index in [0.29, 0.717) is 6.42 Å². The highest BCUT2D eigenvalue weighted by atomic mass is 32.1. The second-order valence-corrected chi connectivity index (χ2v) is 7.31. The van der Waals surface area contributed by atoms with Crippen LogP contribution in [-0.2, 0) is 4.79 Å². The van der Waals surface area contributed by atoms with Crippen LogP contribution in [0.5, 0.6) is 0 Å². The van der Waals surface area contributed by atoms with Gasteiger partial charge in [-0.3, -0.25) is 4.79 Å². The molecule has 2 aromatic rings. The minimum absolute atomic E-state index is 0.0118. The fourth-order valence-electron chi connectivity index (χ4n) is 3.88. The Morgan fingerprint density at radius 3 is 2.32 bits per heavy atom. The maximum absolute atomic E-state index is 12.6. The van der Waals surface area contributed by atoms with E-state index >= 15 is 0 Å². The van der Waals surface area contributed by atoms with Crippen molar-refractivity contribution >= 4 is 29.0 Å². The van der Waals surface area contributed by atoms with E-state index < -0.39 is 0 Å². The highest BCUT2D eigenvalue weighted by molar-refractivity contribution is 7.78. The smallest absolute Gasteiger partial charge is 0.226 e. The van der Waals surface area contributed by atoms with Crippen molar-refractivity contribution in [3.05, 3.63) is 66.2 Å². The van der Waals surface area contributed by atoms with Crippen molar-refractivity contribution in [3.8, 4) is 0 Å². The van der Waals surface area contributed by atoms with E-state index in [-0.39, 0.29) is 18.0 Å². The van der Waals surface area contributed by atoms with Gasteiger partial charge in [0.25, 0.3) is 0 Å². The summed E-state index contributed by atoms with van der Waals surface area (Å²) >= 11 is 4.87. The number of rotatable bonds is 7. The molecular weight excluding hydrogens is 366 g/mol. The second kappa shape index (κ2) is 10.3. The van der Waals surface area contributed by atoms with Gasteiger partial charge in [-0.2, -0.15) is 0 Å². The third-order valence-corrected chi connectivity index (χ3v) is 5.46. The molecule has 0 bridgehead atoms. The Kier molecular flexibility index (Phi) is 7.49. The van der Waals surface area contributed by atoms with Gasteiger partial charge in [-0.15, -0.1) is 0 Å². The van der Waals surface area contributed by atoms with Gasteiger partial charge in [0.05, 0.1) is 11.2 Å². The molecule has 28 heavy (non-hydrogen) atoms. The lowest BCUT2D eigenvalue weighted by molar-refractivity contribution is -0.119. The summed E-state index contributed by atoms with van der Waals surface area (Å²) in [7, 11) is 0. The summed E-state index contributed by atoms with van der Waals surface area (Å²) < 4.78 is 0. The molecule has 5 heteroatoms. The van der Waals surface area contributed by atoms with Gasteiger partial charge in [0.1, 0.15) is 0 Å². The number of thiocarbonyl (C=S) groups is 1. The van der Waals surface area contributed by atoms with Crippen molar-refractivity contribution in [3.63, 3.8) is 0 Å². The highest BCUT2D eigenvalue weighted by Gasteiger charge is 2.29. The van der Waals surface area contributed by atoms with Crippen LogP contribution in [0.1, 0.15) is 37.8 Å². The van der Waals surface area contributed by atoms with Crippen LogP contribution in [0, 0.1) is 0 Å². The lowest BCUT2D eigenvalue weighted by Crippen LogP contribution is -2.48. The molecular formula is C23H27N3OS. The SMILES string of the molecule is CCC(=O)N(c1ccccc1)C1CCN(CC(N=C=S)c2ccccc2)CC1. The van der Waals surface area contributed by atoms with Crippen molar-refractivity contribution in [2.24, 2.45) is 4.99 Å². The quantitative estimate of drug-likeness (QED) is 0.504. The monoisotopic (exact) mass is 393 g/mol. The number of carbonyl (C=O) groups is 1. The molecule has 0 spiro atoms. The zero-order valence-corrected chi connectivity index (χ0v) is 17.1. The number of hydrogen-bond acceptors (Lipinski definition) is 4. The molecule has 1 heterocycles. The zero-order valence-electron chi connectivity index (χ0n) is 16.3. The molecule has 1 atom stereocenters. The molecule has 3 rings (SSSR count). The predicted molar refractivity (Wildman–Crippen MR) is 118 cm³/mol. The largest absolute Gasteiger partial charge is 0.309 e. The molecule has 1 unspecified atom stereocenters. The Hall–Kier alpha value is -2.33. The molecule has 0 N–H and O–H groups in total. The molecule has 2 aromatic carbocycles. The molecule has 1 amide bonds. The van der Waals surface area contributed by atoms with Gasteiger partial charge in [0.15, 0.2) is 0 Å². The third-order valence-electron chi connectivity index (χ3n) is 5.35. The average Bonchev–Trinajstić information content (AvgIpc) is 2.76. The van der Waals surface area contributed by atoms with Gasteiger partial charge in [0, 0.05) is 37.8 Å². The number of isothiocyanates is 1. The van der Waals surface area contributed by atoms with Crippen LogP contribution < -0.4 is 4.90 Å². The van der Waals surface area contributed by atoms with Gasteiger partial charge in [0.2, 0.25) is 5.91 Å². The summed E-state index contributed by atoms with van der Waals surface area (Å²) in [4.78, 5) is 21.4. The number of carbonyl (C=O) groups excluding carboxylic acids is 1. The molecule has 146 valence electrons. The lowest BCUT2D eigenvalue weighted by atomic mass is 10.00. The topological polar surface area (TPSA) is 35.9 Å². The van der Waals surface area contributed by atoms with E-state index in [0.717, 1.165) is 43.7 Å². The van der Waals surface area contributed by atoms with Gasteiger partial charge in [-0.25, -0.2) is 4.99 Å². The second-order valence-electron chi connectivity index (χ2n) is 7.13. The molecule has 1 aliphatic heterocycles. The van der Waals surface area contributed by atoms with E-state index in [9.17, 15) is 4.79 Å². The van der Waals surface area contributed by atoms with Crippen molar-refractivity contribution < 1.29 is 4.79 Å². The number of nitrogens with zero attached hydrogens (tertiary/aromatic N) is 3. The minimum atomic E-state index is 0.0118. The summed E-state index contributed by atoms with van der Waals surface area (Å²) in [6, 6.07) is 20.5. The highest BCUT2D eigenvalue weighted by Crippen LogP contribution is 2.26. The van der Waals surface area contributed by atoms with E-state index in [1.54, 1.807) is 0 Å². The fourth-order valence-corrected chi connectivity index (χ4v) is 4.01. The first-order valence-electron chi connectivity index (χ1n) is 9.94. The molecule has 1 aliphatic rings. The summed E-state index contributed by atoms with van der Waals surface area (Å²) in [5, 5.41) is 2.56.